The summed E-state index contributed by atoms with van der Waals surface area (Å²) >= 11 is 0. The average Bonchev–Trinajstić information content (AvgIpc) is 2.79. The molecule has 0 saturated heterocycles. The number of ether oxygens (including phenoxy) is 1. The molecular weight excluding hydrogens is 396 g/mol. The third-order valence-corrected chi connectivity index (χ3v) is 4.84. The van der Waals surface area contributed by atoms with Gasteiger partial charge < -0.3 is 15.4 Å². The predicted octanol–water partition coefficient (Wildman–Crippen LogP) is 2.96. The molecule has 0 aliphatic heterocycles. The fraction of sp³-hybridized carbons (Fsp3) is 0.217. The van der Waals surface area contributed by atoms with Crippen molar-refractivity contribution in [3.63, 3.8) is 0 Å². The van der Waals surface area contributed by atoms with Crippen molar-refractivity contribution < 1.29 is 14.3 Å². The highest BCUT2D eigenvalue weighted by atomic mass is 16.5. The molecule has 0 bridgehead atoms. The number of anilines is 1. The van der Waals surface area contributed by atoms with Gasteiger partial charge in [0.05, 0.1) is 25.6 Å². The summed E-state index contributed by atoms with van der Waals surface area (Å²) in [7, 11) is 1.32. The Morgan fingerprint density at radius 3 is 2.58 bits per heavy atom. The van der Waals surface area contributed by atoms with Gasteiger partial charge in [-0.05, 0) is 36.2 Å². The summed E-state index contributed by atoms with van der Waals surface area (Å²) in [5.74, 6) is -1.000. The molecule has 2 N–H and O–H groups in total. The second-order valence-corrected chi connectivity index (χ2v) is 7.03. The molecule has 0 radical (unpaired) electrons. The van der Waals surface area contributed by atoms with Crippen LogP contribution < -0.4 is 16.3 Å². The first-order valence-corrected chi connectivity index (χ1v) is 9.78. The Labute approximate surface area is 179 Å². The number of nitrogens with one attached hydrogen (secondary N) is 2. The number of hydrogen-bond acceptors (Lipinski definition) is 5. The molecule has 3 rings (SSSR count). The van der Waals surface area contributed by atoms with E-state index < -0.39 is 24.0 Å². The van der Waals surface area contributed by atoms with Crippen molar-refractivity contribution in [1.29, 1.82) is 0 Å². The van der Waals surface area contributed by atoms with Gasteiger partial charge >= 0.3 is 17.7 Å². The minimum atomic E-state index is -0.582. The number of carbonyl (C=O) groups excluding carboxylic acids is 2. The number of urea groups is 1. The number of aromatic nitrogens is 2. The van der Waals surface area contributed by atoms with Gasteiger partial charge in [0.15, 0.2) is 0 Å². The highest BCUT2D eigenvalue weighted by molar-refractivity contribution is 5.90. The predicted molar refractivity (Wildman–Crippen MR) is 117 cm³/mol. The highest BCUT2D eigenvalue weighted by Crippen LogP contribution is 2.23. The fourth-order valence-corrected chi connectivity index (χ4v) is 3.24. The van der Waals surface area contributed by atoms with E-state index in [-0.39, 0.29) is 5.69 Å². The highest BCUT2D eigenvalue weighted by Gasteiger charge is 2.27. The molecule has 0 fully saturated rings. The molecule has 0 saturated carbocycles. The number of carbonyl (C=O) groups is 2. The Hall–Kier alpha value is -3.94. The summed E-state index contributed by atoms with van der Waals surface area (Å²) in [6, 6.07) is 17.1. The van der Waals surface area contributed by atoms with Gasteiger partial charge in [0.1, 0.15) is 0 Å². The molecule has 2 atom stereocenters. The Morgan fingerprint density at radius 1 is 1.10 bits per heavy atom. The minimum Gasteiger partial charge on any atom is -0.469 e. The van der Waals surface area contributed by atoms with Gasteiger partial charge in [-0.15, -0.1) is 0 Å². The molecule has 0 spiro atoms. The zero-order valence-electron chi connectivity index (χ0n) is 17.3. The number of methoxy groups -OCH3 is 1. The summed E-state index contributed by atoms with van der Waals surface area (Å²) in [5.41, 5.74) is 1.83. The molecule has 0 aliphatic carbocycles. The first-order valence-electron chi connectivity index (χ1n) is 9.78. The van der Waals surface area contributed by atoms with Crippen LogP contribution in [0.25, 0.3) is 0 Å². The average molecular weight is 420 g/mol. The van der Waals surface area contributed by atoms with Crippen molar-refractivity contribution in [2.24, 2.45) is 5.92 Å². The number of esters is 1. The van der Waals surface area contributed by atoms with Crippen molar-refractivity contribution in [3.05, 3.63) is 94.7 Å². The maximum Gasteiger partial charge on any atom is 0.347 e. The van der Waals surface area contributed by atoms with Crippen molar-refractivity contribution >= 4 is 17.7 Å². The normalized spacial score (nSPS) is 12.5. The van der Waals surface area contributed by atoms with Crippen LogP contribution in [-0.4, -0.2) is 28.7 Å². The van der Waals surface area contributed by atoms with E-state index >= 15 is 0 Å². The van der Waals surface area contributed by atoms with E-state index in [0.29, 0.717) is 12.2 Å². The number of nitrogens with zero attached hydrogens (tertiary/aromatic N) is 2. The first-order chi connectivity index (χ1) is 15.0. The number of hydrogen-bond donors (Lipinski definition) is 2. The summed E-state index contributed by atoms with van der Waals surface area (Å²) in [5, 5.41) is 5.65. The third-order valence-electron chi connectivity index (χ3n) is 4.84. The lowest BCUT2D eigenvalue weighted by Gasteiger charge is -2.24. The number of amides is 2. The largest absolute Gasteiger partial charge is 0.469 e. The molecule has 2 unspecified atom stereocenters. The summed E-state index contributed by atoms with van der Waals surface area (Å²) in [6.07, 6.45) is 3.10. The van der Waals surface area contributed by atoms with Crippen LogP contribution >= 0.6 is 0 Å². The van der Waals surface area contributed by atoms with Crippen LogP contribution in [-0.2, 0) is 16.1 Å². The lowest BCUT2D eigenvalue weighted by Crippen LogP contribution is -2.38. The summed E-state index contributed by atoms with van der Waals surface area (Å²) < 4.78 is 6.33. The molecule has 2 aromatic carbocycles. The quantitative estimate of drug-likeness (QED) is 0.572. The standard InChI is InChI=1S/C23H24N4O4/c1-16(21(28)31-2)20(18-9-4-3-5-10-18)26-22(29)25-19-11-6-8-17(14-19)15-27-13-7-12-24-23(27)30/h3-14,16,20H,15H2,1-2H3,(H2,25,26,29). The zero-order valence-corrected chi connectivity index (χ0v) is 17.3. The van der Waals surface area contributed by atoms with Crippen LogP contribution in [0.15, 0.2) is 77.9 Å². The van der Waals surface area contributed by atoms with Crippen molar-refractivity contribution in [2.45, 2.75) is 19.5 Å². The smallest absolute Gasteiger partial charge is 0.347 e. The van der Waals surface area contributed by atoms with E-state index in [1.807, 2.05) is 36.4 Å². The zero-order chi connectivity index (χ0) is 22.2. The third kappa shape index (κ3) is 5.79. The van der Waals surface area contributed by atoms with Crippen LogP contribution in [0.1, 0.15) is 24.1 Å². The van der Waals surface area contributed by atoms with E-state index in [2.05, 4.69) is 15.6 Å². The number of rotatable bonds is 7. The van der Waals surface area contributed by atoms with Gasteiger partial charge in [-0.1, -0.05) is 42.5 Å². The maximum atomic E-state index is 12.7. The topological polar surface area (TPSA) is 102 Å². The first kappa shape index (κ1) is 21.8. The van der Waals surface area contributed by atoms with E-state index in [9.17, 15) is 14.4 Å². The molecule has 3 aromatic rings. The van der Waals surface area contributed by atoms with Gasteiger partial charge in [0.25, 0.3) is 0 Å². The minimum absolute atomic E-state index is 0.329. The van der Waals surface area contributed by atoms with E-state index in [1.54, 1.807) is 37.4 Å². The van der Waals surface area contributed by atoms with Crippen LogP contribution in [0.2, 0.25) is 0 Å². The van der Waals surface area contributed by atoms with Crippen LogP contribution in [0, 0.1) is 5.92 Å². The molecule has 8 nitrogen and oxygen atoms in total. The van der Waals surface area contributed by atoms with E-state index in [1.165, 1.54) is 17.9 Å². The summed E-state index contributed by atoms with van der Waals surface area (Å²) in [4.78, 5) is 40.3. The molecule has 31 heavy (non-hydrogen) atoms. The number of benzene rings is 2. The van der Waals surface area contributed by atoms with Gasteiger partial charge in [-0.25, -0.2) is 14.6 Å². The molecule has 2 amide bonds. The van der Waals surface area contributed by atoms with Crippen LogP contribution in [0.3, 0.4) is 0 Å². The van der Waals surface area contributed by atoms with E-state index in [0.717, 1.165) is 11.1 Å². The van der Waals surface area contributed by atoms with Crippen molar-refractivity contribution in [1.82, 2.24) is 14.9 Å². The SMILES string of the molecule is COC(=O)C(C)C(NC(=O)Nc1cccc(Cn2cccnc2=O)c1)c1ccccc1. The summed E-state index contributed by atoms with van der Waals surface area (Å²) in [6.45, 7) is 2.03. The molecule has 1 heterocycles. The van der Waals surface area contributed by atoms with Crippen molar-refractivity contribution in [2.75, 3.05) is 12.4 Å². The van der Waals surface area contributed by atoms with Gasteiger partial charge in [-0.3, -0.25) is 9.36 Å². The Kier molecular flexibility index (Phi) is 7.16. The molecule has 8 heteroatoms. The van der Waals surface area contributed by atoms with E-state index in [4.69, 9.17) is 4.74 Å². The second-order valence-electron chi connectivity index (χ2n) is 7.03. The fourth-order valence-electron chi connectivity index (χ4n) is 3.24. The van der Waals surface area contributed by atoms with Gasteiger partial charge in [0, 0.05) is 18.1 Å². The lowest BCUT2D eigenvalue weighted by atomic mass is 9.94. The Morgan fingerprint density at radius 2 is 1.87 bits per heavy atom. The van der Waals surface area contributed by atoms with Crippen molar-refractivity contribution in [3.8, 4) is 0 Å². The maximum absolute atomic E-state index is 12.7. The lowest BCUT2D eigenvalue weighted by molar-refractivity contribution is -0.145. The van der Waals surface area contributed by atoms with Crippen LogP contribution in [0.4, 0.5) is 10.5 Å². The van der Waals surface area contributed by atoms with Crippen LogP contribution in [0.5, 0.6) is 0 Å². The molecule has 160 valence electrons. The molecular formula is C23H24N4O4. The van der Waals surface area contributed by atoms with Gasteiger partial charge in [-0.2, -0.15) is 0 Å². The Balaban J connectivity index is 1.73. The monoisotopic (exact) mass is 420 g/mol. The van der Waals surface area contributed by atoms with Gasteiger partial charge in [0.2, 0.25) is 0 Å². The molecule has 1 aromatic heterocycles. The molecule has 0 aliphatic rings. The Bertz CT molecular complexity index is 1100. The second kappa shape index (κ2) is 10.2.